The standard InChI is InChI=1S/C17H18N2/c1-14-9-10-16(13-18)17(12-14)19-11-5-8-15-6-3-2-4-7-15/h2-4,6-7,9-10,12,19H,5,8,11H2,1H3. The summed E-state index contributed by atoms with van der Waals surface area (Å²) in [4.78, 5) is 0. The first-order valence-electron chi connectivity index (χ1n) is 6.58. The van der Waals surface area contributed by atoms with Gasteiger partial charge in [-0.2, -0.15) is 5.26 Å². The molecule has 2 heteroatoms. The van der Waals surface area contributed by atoms with Crippen molar-refractivity contribution in [3.05, 3.63) is 65.2 Å². The molecule has 0 saturated heterocycles. The summed E-state index contributed by atoms with van der Waals surface area (Å²) in [5.74, 6) is 0. The van der Waals surface area contributed by atoms with Gasteiger partial charge in [0.25, 0.3) is 0 Å². The second-order valence-electron chi connectivity index (χ2n) is 4.68. The molecule has 0 aromatic heterocycles. The van der Waals surface area contributed by atoms with Crippen LogP contribution in [0.3, 0.4) is 0 Å². The van der Waals surface area contributed by atoms with Gasteiger partial charge in [0.05, 0.1) is 11.3 Å². The van der Waals surface area contributed by atoms with Crippen molar-refractivity contribution < 1.29 is 0 Å². The van der Waals surface area contributed by atoms with Gasteiger partial charge in [0.2, 0.25) is 0 Å². The highest BCUT2D eigenvalue weighted by atomic mass is 14.9. The number of nitrogens with zero attached hydrogens (tertiary/aromatic N) is 1. The maximum Gasteiger partial charge on any atom is 0.101 e. The lowest BCUT2D eigenvalue weighted by Crippen LogP contribution is -2.04. The van der Waals surface area contributed by atoms with Crippen LogP contribution in [0.2, 0.25) is 0 Å². The molecule has 0 spiro atoms. The van der Waals surface area contributed by atoms with Crippen molar-refractivity contribution >= 4 is 5.69 Å². The Bertz CT molecular complexity index is 568. The molecule has 0 atom stereocenters. The van der Waals surface area contributed by atoms with Gasteiger partial charge in [0.15, 0.2) is 0 Å². The number of nitriles is 1. The van der Waals surface area contributed by atoms with Crippen LogP contribution in [-0.4, -0.2) is 6.54 Å². The van der Waals surface area contributed by atoms with Crippen LogP contribution in [0.5, 0.6) is 0 Å². The van der Waals surface area contributed by atoms with Gasteiger partial charge in [0, 0.05) is 6.54 Å². The maximum atomic E-state index is 9.05. The molecule has 0 saturated carbocycles. The van der Waals surface area contributed by atoms with Crippen LogP contribution in [0.15, 0.2) is 48.5 Å². The van der Waals surface area contributed by atoms with Crippen LogP contribution in [0.25, 0.3) is 0 Å². The molecule has 96 valence electrons. The van der Waals surface area contributed by atoms with E-state index in [-0.39, 0.29) is 0 Å². The van der Waals surface area contributed by atoms with Crippen molar-refractivity contribution in [2.24, 2.45) is 0 Å². The minimum Gasteiger partial charge on any atom is -0.384 e. The Hall–Kier alpha value is -2.27. The zero-order valence-corrected chi connectivity index (χ0v) is 11.2. The summed E-state index contributed by atoms with van der Waals surface area (Å²) in [5, 5.41) is 12.4. The third-order valence-corrected chi connectivity index (χ3v) is 3.10. The number of benzene rings is 2. The molecule has 1 N–H and O–H groups in total. The second-order valence-corrected chi connectivity index (χ2v) is 4.68. The van der Waals surface area contributed by atoms with Gasteiger partial charge in [-0.25, -0.2) is 0 Å². The van der Waals surface area contributed by atoms with Crippen molar-refractivity contribution in [1.82, 2.24) is 0 Å². The van der Waals surface area contributed by atoms with Gasteiger partial charge in [-0.1, -0.05) is 36.4 Å². The van der Waals surface area contributed by atoms with E-state index >= 15 is 0 Å². The van der Waals surface area contributed by atoms with Gasteiger partial charge in [-0.3, -0.25) is 0 Å². The summed E-state index contributed by atoms with van der Waals surface area (Å²) in [6, 6.07) is 18.5. The molecule has 0 aliphatic heterocycles. The molecule has 0 radical (unpaired) electrons. The molecule has 0 bridgehead atoms. The van der Waals surface area contributed by atoms with Gasteiger partial charge >= 0.3 is 0 Å². The topological polar surface area (TPSA) is 35.8 Å². The number of hydrogen-bond acceptors (Lipinski definition) is 2. The molecule has 2 aromatic carbocycles. The van der Waals surface area contributed by atoms with E-state index in [1.165, 1.54) is 11.1 Å². The van der Waals surface area contributed by atoms with E-state index in [1.807, 2.05) is 31.2 Å². The molecule has 0 fully saturated rings. The molecule has 0 unspecified atom stereocenters. The van der Waals surface area contributed by atoms with Gasteiger partial charge < -0.3 is 5.32 Å². The first kappa shape index (κ1) is 13.2. The predicted molar refractivity (Wildman–Crippen MR) is 79.1 cm³/mol. The van der Waals surface area contributed by atoms with Gasteiger partial charge in [-0.05, 0) is 43.0 Å². The number of rotatable bonds is 5. The highest BCUT2D eigenvalue weighted by molar-refractivity contribution is 5.58. The Morgan fingerprint density at radius 2 is 1.89 bits per heavy atom. The first-order valence-corrected chi connectivity index (χ1v) is 6.58. The van der Waals surface area contributed by atoms with Gasteiger partial charge in [-0.15, -0.1) is 0 Å². The Balaban J connectivity index is 1.86. The number of hydrogen-bond donors (Lipinski definition) is 1. The van der Waals surface area contributed by atoms with Crippen LogP contribution in [0, 0.1) is 18.3 Å². The normalized spacial score (nSPS) is 9.89. The lowest BCUT2D eigenvalue weighted by atomic mass is 10.1. The highest BCUT2D eigenvalue weighted by Crippen LogP contribution is 2.16. The monoisotopic (exact) mass is 250 g/mol. The number of aryl methyl sites for hydroxylation is 2. The Morgan fingerprint density at radius 1 is 1.11 bits per heavy atom. The third kappa shape index (κ3) is 3.86. The maximum absolute atomic E-state index is 9.05. The average molecular weight is 250 g/mol. The lowest BCUT2D eigenvalue weighted by molar-refractivity contribution is 0.862. The van der Waals surface area contributed by atoms with E-state index < -0.39 is 0 Å². The molecule has 0 amide bonds. The van der Waals surface area contributed by atoms with Gasteiger partial charge in [0.1, 0.15) is 6.07 Å². The van der Waals surface area contributed by atoms with E-state index in [9.17, 15) is 0 Å². The molecular formula is C17H18N2. The summed E-state index contributed by atoms with van der Waals surface area (Å²) < 4.78 is 0. The van der Waals surface area contributed by atoms with E-state index in [0.29, 0.717) is 5.56 Å². The fraction of sp³-hybridized carbons (Fsp3) is 0.235. The van der Waals surface area contributed by atoms with Crippen LogP contribution in [0.1, 0.15) is 23.1 Å². The van der Waals surface area contributed by atoms with Crippen LogP contribution >= 0.6 is 0 Å². The van der Waals surface area contributed by atoms with Crippen molar-refractivity contribution in [2.45, 2.75) is 19.8 Å². The molecule has 2 rings (SSSR count). The zero-order valence-electron chi connectivity index (χ0n) is 11.2. The van der Waals surface area contributed by atoms with Crippen molar-refractivity contribution in [3.8, 4) is 6.07 Å². The van der Waals surface area contributed by atoms with E-state index in [0.717, 1.165) is 25.1 Å². The van der Waals surface area contributed by atoms with Crippen molar-refractivity contribution in [2.75, 3.05) is 11.9 Å². The van der Waals surface area contributed by atoms with Crippen LogP contribution < -0.4 is 5.32 Å². The number of nitrogens with one attached hydrogen (secondary N) is 1. The minimum absolute atomic E-state index is 0.713. The van der Waals surface area contributed by atoms with Crippen LogP contribution in [-0.2, 0) is 6.42 Å². The SMILES string of the molecule is Cc1ccc(C#N)c(NCCCc2ccccc2)c1. The van der Waals surface area contributed by atoms with Crippen LogP contribution in [0.4, 0.5) is 5.69 Å². The zero-order chi connectivity index (χ0) is 13.5. The quantitative estimate of drug-likeness (QED) is 0.817. The van der Waals surface area contributed by atoms with Crippen molar-refractivity contribution in [1.29, 1.82) is 5.26 Å². The molecule has 2 aromatic rings. The van der Waals surface area contributed by atoms with E-state index in [1.54, 1.807) is 0 Å². The average Bonchev–Trinajstić information content (AvgIpc) is 2.45. The Morgan fingerprint density at radius 3 is 2.63 bits per heavy atom. The lowest BCUT2D eigenvalue weighted by Gasteiger charge is -2.09. The minimum atomic E-state index is 0.713. The second kappa shape index (κ2) is 6.61. The summed E-state index contributed by atoms with van der Waals surface area (Å²) in [5.41, 5.74) is 4.18. The number of anilines is 1. The summed E-state index contributed by atoms with van der Waals surface area (Å²) in [6.45, 7) is 2.92. The fourth-order valence-corrected chi connectivity index (χ4v) is 2.06. The third-order valence-electron chi connectivity index (χ3n) is 3.10. The molecule has 0 aliphatic carbocycles. The van der Waals surface area contributed by atoms with Crippen molar-refractivity contribution in [3.63, 3.8) is 0 Å². The first-order chi connectivity index (χ1) is 9.29. The molecular weight excluding hydrogens is 232 g/mol. The Kier molecular flexibility index (Phi) is 4.58. The Labute approximate surface area is 114 Å². The largest absolute Gasteiger partial charge is 0.384 e. The fourth-order valence-electron chi connectivity index (χ4n) is 2.06. The molecule has 19 heavy (non-hydrogen) atoms. The smallest absolute Gasteiger partial charge is 0.101 e. The summed E-state index contributed by atoms with van der Waals surface area (Å²) in [6.07, 6.45) is 2.12. The predicted octanol–water partition coefficient (Wildman–Crippen LogP) is 3.91. The summed E-state index contributed by atoms with van der Waals surface area (Å²) in [7, 11) is 0. The molecule has 0 heterocycles. The highest BCUT2D eigenvalue weighted by Gasteiger charge is 2.01. The molecule has 2 nitrogen and oxygen atoms in total. The van der Waals surface area contributed by atoms with E-state index in [2.05, 4.69) is 35.7 Å². The van der Waals surface area contributed by atoms with E-state index in [4.69, 9.17) is 5.26 Å². The molecule has 0 aliphatic rings. The summed E-state index contributed by atoms with van der Waals surface area (Å²) >= 11 is 0.